The number of halogens is 1. The second-order valence-electron chi connectivity index (χ2n) is 4.18. The molecule has 0 fully saturated rings. The van der Waals surface area contributed by atoms with Crippen molar-refractivity contribution in [1.29, 1.82) is 0 Å². The average molecular weight is 291 g/mol. The molecule has 1 aliphatic rings. The van der Waals surface area contributed by atoms with Crippen molar-refractivity contribution < 1.29 is 14.3 Å². The zero-order valence-electron chi connectivity index (χ0n) is 10.4. The molecule has 1 amide bonds. The molecule has 1 aromatic heterocycles. The van der Waals surface area contributed by atoms with E-state index in [4.69, 9.17) is 21.1 Å². The second kappa shape index (κ2) is 5.38. The number of hydrogen-bond donors (Lipinski definition) is 1. The molecule has 102 valence electrons. The van der Waals surface area contributed by atoms with Gasteiger partial charge in [0.05, 0.1) is 5.56 Å². The van der Waals surface area contributed by atoms with Gasteiger partial charge in [-0.25, -0.2) is 4.98 Å². The van der Waals surface area contributed by atoms with Crippen molar-refractivity contribution >= 4 is 23.2 Å². The van der Waals surface area contributed by atoms with E-state index in [9.17, 15) is 4.79 Å². The maximum Gasteiger partial charge on any atom is 0.257 e. The van der Waals surface area contributed by atoms with Gasteiger partial charge >= 0.3 is 0 Å². The Kier molecular flexibility index (Phi) is 3.43. The van der Waals surface area contributed by atoms with Crippen molar-refractivity contribution in [2.45, 2.75) is 0 Å². The summed E-state index contributed by atoms with van der Waals surface area (Å²) in [5.41, 5.74) is 1.07. The summed E-state index contributed by atoms with van der Waals surface area (Å²) < 4.78 is 10.9. The van der Waals surface area contributed by atoms with Crippen molar-refractivity contribution in [1.82, 2.24) is 4.98 Å². The van der Waals surface area contributed by atoms with Crippen LogP contribution >= 0.6 is 11.6 Å². The Morgan fingerprint density at radius 1 is 1.15 bits per heavy atom. The van der Waals surface area contributed by atoms with E-state index in [0.717, 1.165) is 0 Å². The minimum atomic E-state index is -0.258. The molecule has 20 heavy (non-hydrogen) atoms. The fourth-order valence-electron chi connectivity index (χ4n) is 1.83. The maximum absolute atomic E-state index is 12.0. The maximum atomic E-state index is 12.0. The van der Waals surface area contributed by atoms with Crippen LogP contribution in [0.4, 0.5) is 5.69 Å². The number of carbonyl (C=O) groups is 1. The third-order valence-electron chi connectivity index (χ3n) is 2.79. The van der Waals surface area contributed by atoms with E-state index in [0.29, 0.717) is 41.1 Å². The molecule has 1 N–H and O–H groups in total. The highest BCUT2D eigenvalue weighted by Gasteiger charge is 2.13. The summed E-state index contributed by atoms with van der Waals surface area (Å²) >= 11 is 5.68. The Morgan fingerprint density at radius 3 is 2.70 bits per heavy atom. The SMILES string of the molecule is O=C(Nc1ccc2c(c1)OCCO2)c1ccc(Cl)nc1. The van der Waals surface area contributed by atoms with Gasteiger partial charge < -0.3 is 14.8 Å². The predicted octanol–water partition coefficient (Wildman–Crippen LogP) is 2.76. The van der Waals surface area contributed by atoms with Crippen molar-refractivity contribution in [2.24, 2.45) is 0 Å². The summed E-state index contributed by atoms with van der Waals surface area (Å²) in [6.07, 6.45) is 1.43. The number of ether oxygens (including phenoxy) is 2. The van der Waals surface area contributed by atoms with Gasteiger partial charge in [-0.2, -0.15) is 0 Å². The molecule has 0 bridgehead atoms. The monoisotopic (exact) mass is 290 g/mol. The normalized spacial score (nSPS) is 12.8. The van der Waals surface area contributed by atoms with Crippen molar-refractivity contribution in [2.75, 3.05) is 18.5 Å². The Balaban J connectivity index is 1.77. The second-order valence-corrected chi connectivity index (χ2v) is 4.57. The van der Waals surface area contributed by atoms with E-state index < -0.39 is 0 Å². The summed E-state index contributed by atoms with van der Waals surface area (Å²) in [4.78, 5) is 15.9. The highest BCUT2D eigenvalue weighted by Crippen LogP contribution is 2.32. The first-order valence-electron chi connectivity index (χ1n) is 6.05. The topological polar surface area (TPSA) is 60.5 Å². The van der Waals surface area contributed by atoms with E-state index in [1.165, 1.54) is 6.20 Å². The van der Waals surface area contributed by atoms with Crippen LogP contribution in [0.1, 0.15) is 10.4 Å². The lowest BCUT2D eigenvalue weighted by Crippen LogP contribution is -2.16. The van der Waals surface area contributed by atoms with Gasteiger partial charge in [-0.15, -0.1) is 0 Å². The zero-order valence-corrected chi connectivity index (χ0v) is 11.2. The van der Waals surface area contributed by atoms with E-state index in [-0.39, 0.29) is 5.91 Å². The number of rotatable bonds is 2. The molecule has 1 aliphatic heterocycles. The van der Waals surface area contributed by atoms with E-state index in [1.807, 2.05) is 0 Å². The minimum Gasteiger partial charge on any atom is -0.486 e. The number of anilines is 1. The molecular weight excluding hydrogens is 280 g/mol. The van der Waals surface area contributed by atoms with Crippen LogP contribution in [0.5, 0.6) is 11.5 Å². The molecule has 5 nitrogen and oxygen atoms in total. The molecule has 0 spiro atoms. The molecule has 0 saturated heterocycles. The van der Waals surface area contributed by atoms with Crippen LogP contribution in [0.3, 0.4) is 0 Å². The quantitative estimate of drug-likeness (QED) is 0.864. The molecule has 2 aromatic rings. The molecule has 2 heterocycles. The average Bonchev–Trinajstić information content (AvgIpc) is 2.48. The van der Waals surface area contributed by atoms with Crippen molar-refractivity contribution in [3.05, 3.63) is 47.2 Å². The molecule has 0 atom stereocenters. The highest BCUT2D eigenvalue weighted by molar-refractivity contribution is 6.29. The molecule has 0 radical (unpaired) electrons. The Hall–Kier alpha value is -2.27. The number of amides is 1. The standard InChI is InChI=1S/C14H11ClN2O3/c15-13-4-1-9(8-16-13)14(18)17-10-2-3-11-12(7-10)20-6-5-19-11/h1-4,7-8H,5-6H2,(H,17,18). The number of benzene rings is 1. The van der Waals surface area contributed by atoms with Crippen molar-refractivity contribution in [3.8, 4) is 11.5 Å². The Bertz CT molecular complexity index is 643. The highest BCUT2D eigenvalue weighted by atomic mass is 35.5. The number of nitrogens with one attached hydrogen (secondary N) is 1. The lowest BCUT2D eigenvalue weighted by Gasteiger charge is -2.19. The number of pyridine rings is 1. The Labute approximate surface area is 120 Å². The fourth-order valence-corrected chi connectivity index (χ4v) is 1.95. The largest absolute Gasteiger partial charge is 0.486 e. The summed E-state index contributed by atoms with van der Waals surface area (Å²) in [6.45, 7) is 1.04. The van der Waals surface area contributed by atoms with Gasteiger partial charge in [0, 0.05) is 18.0 Å². The molecule has 6 heteroatoms. The predicted molar refractivity (Wildman–Crippen MR) is 74.6 cm³/mol. The summed E-state index contributed by atoms with van der Waals surface area (Å²) in [5, 5.41) is 3.12. The van der Waals surface area contributed by atoms with E-state index in [1.54, 1.807) is 30.3 Å². The summed E-state index contributed by atoms with van der Waals surface area (Å²) in [7, 11) is 0. The van der Waals surface area contributed by atoms with Gasteiger partial charge in [0.1, 0.15) is 18.4 Å². The lowest BCUT2D eigenvalue weighted by molar-refractivity contribution is 0.102. The van der Waals surface area contributed by atoms with Crippen LogP contribution in [0, 0.1) is 0 Å². The van der Waals surface area contributed by atoms with Gasteiger partial charge in [0.25, 0.3) is 5.91 Å². The lowest BCUT2D eigenvalue weighted by atomic mass is 10.2. The number of hydrogen-bond acceptors (Lipinski definition) is 4. The van der Waals surface area contributed by atoms with Gasteiger partial charge in [-0.05, 0) is 24.3 Å². The number of nitrogens with zero attached hydrogens (tertiary/aromatic N) is 1. The van der Waals surface area contributed by atoms with Gasteiger partial charge in [-0.1, -0.05) is 11.6 Å². The van der Waals surface area contributed by atoms with Gasteiger partial charge in [0.15, 0.2) is 11.5 Å². The summed E-state index contributed by atoms with van der Waals surface area (Å²) in [5.74, 6) is 1.05. The molecular formula is C14H11ClN2O3. The van der Waals surface area contributed by atoms with Crippen molar-refractivity contribution in [3.63, 3.8) is 0 Å². The Morgan fingerprint density at radius 2 is 1.95 bits per heavy atom. The van der Waals surface area contributed by atoms with Crippen LogP contribution in [-0.4, -0.2) is 24.1 Å². The van der Waals surface area contributed by atoms with E-state index in [2.05, 4.69) is 10.3 Å². The smallest absolute Gasteiger partial charge is 0.257 e. The van der Waals surface area contributed by atoms with Gasteiger partial charge in [-0.3, -0.25) is 4.79 Å². The zero-order chi connectivity index (χ0) is 13.9. The molecule has 1 aromatic carbocycles. The first-order valence-corrected chi connectivity index (χ1v) is 6.43. The molecule has 0 saturated carbocycles. The van der Waals surface area contributed by atoms with Crippen LogP contribution in [-0.2, 0) is 0 Å². The fraction of sp³-hybridized carbons (Fsp3) is 0.143. The molecule has 3 rings (SSSR count). The van der Waals surface area contributed by atoms with Crippen LogP contribution in [0.25, 0.3) is 0 Å². The first-order chi connectivity index (χ1) is 9.72. The van der Waals surface area contributed by atoms with Crippen LogP contribution in [0.2, 0.25) is 5.15 Å². The number of fused-ring (bicyclic) bond motifs is 1. The van der Waals surface area contributed by atoms with Crippen LogP contribution < -0.4 is 14.8 Å². The third-order valence-corrected chi connectivity index (χ3v) is 3.01. The number of carbonyl (C=O) groups excluding carboxylic acids is 1. The first kappa shape index (κ1) is 12.7. The third kappa shape index (κ3) is 2.67. The minimum absolute atomic E-state index is 0.258. The van der Waals surface area contributed by atoms with Gasteiger partial charge in [0.2, 0.25) is 0 Å². The summed E-state index contributed by atoms with van der Waals surface area (Å²) in [6, 6.07) is 8.44. The molecule has 0 aliphatic carbocycles. The number of aromatic nitrogens is 1. The van der Waals surface area contributed by atoms with Crippen LogP contribution in [0.15, 0.2) is 36.5 Å². The molecule has 0 unspecified atom stereocenters. The van der Waals surface area contributed by atoms with E-state index >= 15 is 0 Å².